The zero-order valence-electron chi connectivity index (χ0n) is 20.2. The fourth-order valence-electron chi connectivity index (χ4n) is 3.78. The van der Waals surface area contributed by atoms with Crippen molar-refractivity contribution in [1.29, 1.82) is 0 Å². The average molecular weight is 479 g/mol. The Balaban J connectivity index is 1.42. The summed E-state index contributed by atoms with van der Waals surface area (Å²) in [5.41, 5.74) is 4.13. The zero-order valence-corrected chi connectivity index (χ0v) is 20.2. The van der Waals surface area contributed by atoms with Crippen LogP contribution in [0.4, 0.5) is 0 Å². The SMILES string of the molecule is COc1ccc(CNC(=O)Cc2ccc(CC(C)NC[C@H](O)c3ccc(O)c(CO)c3)cc2)cc1. The molecule has 0 bridgehead atoms. The van der Waals surface area contributed by atoms with Crippen molar-refractivity contribution in [2.45, 2.75) is 45.1 Å². The molecule has 1 unspecified atom stereocenters. The third kappa shape index (κ3) is 8.10. The number of carbonyl (C=O) groups excluding carboxylic acids is 1. The van der Waals surface area contributed by atoms with Crippen LogP contribution in [0.1, 0.15) is 40.8 Å². The molecule has 0 saturated carbocycles. The number of nitrogens with one attached hydrogen (secondary N) is 2. The van der Waals surface area contributed by atoms with E-state index in [4.69, 9.17) is 4.74 Å². The highest BCUT2D eigenvalue weighted by Gasteiger charge is 2.12. The lowest BCUT2D eigenvalue weighted by Gasteiger charge is -2.18. The number of aromatic hydroxyl groups is 1. The third-order valence-electron chi connectivity index (χ3n) is 5.90. The van der Waals surface area contributed by atoms with Gasteiger partial charge in [-0.05, 0) is 59.9 Å². The molecule has 7 nitrogen and oxygen atoms in total. The number of aliphatic hydroxyl groups excluding tert-OH is 2. The van der Waals surface area contributed by atoms with Crippen LogP contribution in [0.2, 0.25) is 0 Å². The van der Waals surface area contributed by atoms with Crippen molar-refractivity contribution in [2.24, 2.45) is 0 Å². The fraction of sp³-hybridized carbons (Fsp3) is 0.321. The number of benzene rings is 3. The number of aliphatic hydroxyl groups is 2. The molecule has 0 aliphatic rings. The monoisotopic (exact) mass is 478 g/mol. The van der Waals surface area contributed by atoms with Crippen molar-refractivity contribution in [3.05, 3.63) is 94.5 Å². The van der Waals surface area contributed by atoms with E-state index in [9.17, 15) is 20.1 Å². The lowest BCUT2D eigenvalue weighted by molar-refractivity contribution is -0.120. The van der Waals surface area contributed by atoms with Gasteiger partial charge in [-0.25, -0.2) is 0 Å². The van der Waals surface area contributed by atoms with Crippen molar-refractivity contribution in [2.75, 3.05) is 13.7 Å². The second kappa shape index (κ2) is 12.9. The first kappa shape index (κ1) is 26.2. The van der Waals surface area contributed by atoms with E-state index in [2.05, 4.69) is 10.6 Å². The van der Waals surface area contributed by atoms with Gasteiger partial charge in [0.1, 0.15) is 11.5 Å². The van der Waals surface area contributed by atoms with E-state index in [0.717, 1.165) is 28.9 Å². The Bertz CT molecular complexity index is 1080. The summed E-state index contributed by atoms with van der Waals surface area (Å²) in [5.74, 6) is 0.772. The Labute approximate surface area is 206 Å². The van der Waals surface area contributed by atoms with Gasteiger partial charge >= 0.3 is 0 Å². The first-order valence-corrected chi connectivity index (χ1v) is 11.7. The van der Waals surface area contributed by atoms with E-state index < -0.39 is 6.10 Å². The van der Waals surface area contributed by atoms with Gasteiger partial charge in [0.2, 0.25) is 5.91 Å². The van der Waals surface area contributed by atoms with Gasteiger partial charge in [0.25, 0.3) is 0 Å². The van der Waals surface area contributed by atoms with Gasteiger partial charge in [0.05, 0.1) is 26.2 Å². The van der Waals surface area contributed by atoms with Gasteiger partial charge in [-0.2, -0.15) is 0 Å². The van der Waals surface area contributed by atoms with Crippen LogP contribution in [-0.2, 0) is 30.8 Å². The first-order valence-electron chi connectivity index (χ1n) is 11.7. The number of methoxy groups -OCH3 is 1. The number of carbonyl (C=O) groups is 1. The van der Waals surface area contributed by atoms with Crippen molar-refractivity contribution in [3.63, 3.8) is 0 Å². The zero-order chi connectivity index (χ0) is 25.2. The molecular formula is C28H34N2O5. The smallest absolute Gasteiger partial charge is 0.224 e. The molecule has 0 spiro atoms. The summed E-state index contributed by atoms with van der Waals surface area (Å²) in [5, 5.41) is 35.7. The predicted octanol–water partition coefficient (Wildman–Crippen LogP) is 3.01. The summed E-state index contributed by atoms with van der Waals surface area (Å²) < 4.78 is 5.14. The minimum Gasteiger partial charge on any atom is -0.508 e. The van der Waals surface area contributed by atoms with E-state index in [1.807, 2.05) is 55.5 Å². The van der Waals surface area contributed by atoms with Gasteiger partial charge in [-0.15, -0.1) is 0 Å². The first-order chi connectivity index (χ1) is 16.9. The lowest BCUT2D eigenvalue weighted by atomic mass is 10.0. The number of rotatable bonds is 12. The van der Waals surface area contributed by atoms with Crippen LogP contribution in [0.15, 0.2) is 66.7 Å². The van der Waals surface area contributed by atoms with Crippen LogP contribution in [0.3, 0.4) is 0 Å². The Morgan fingerprint density at radius 3 is 2.29 bits per heavy atom. The van der Waals surface area contributed by atoms with E-state index in [0.29, 0.717) is 30.6 Å². The maximum Gasteiger partial charge on any atom is 0.224 e. The van der Waals surface area contributed by atoms with Crippen molar-refractivity contribution >= 4 is 5.91 Å². The van der Waals surface area contributed by atoms with Gasteiger partial charge in [0.15, 0.2) is 0 Å². The molecule has 5 N–H and O–H groups in total. The predicted molar refractivity (Wildman–Crippen MR) is 135 cm³/mol. The summed E-state index contributed by atoms with van der Waals surface area (Å²) in [6.45, 7) is 2.59. The maximum atomic E-state index is 12.3. The number of phenols is 1. The number of hydrogen-bond donors (Lipinski definition) is 5. The molecular weight excluding hydrogens is 444 g/mol. The molecule has 0 heterocycles. The molecule has 0 radical (unpaired) electrons. The third-order valence-corrected chi connectivity index (χ3v) is 5.90. The second-order valence-electron chi connectivity index (χ2n) is 8.69. The average Bonchev–Trinajstić information content (AvgIpc) is 2.87. The minimum atomic E-state index is -0.748. The summed E-state index contributed by atoms with van der Waals surface area (Å²) >= 11 is 0. The molecule has 0 aliphatic carbocycles. The largest absolute Gasteiger partial charge is 0.508 e. The van der Waals surface area contributed by atoms with Crippen molar-refractivity contribution in [3.8, 4) is 11.5 Å². The lowest BCUT2D eigenvalue weighted by Crippen LogP contribution is -2.32. The molecule has 3 aromatic carbocycles. The van der Waals surface area contributed by atoms with E-state index in [1.54, 1.807) is 19.2 Å². The van der Waals surface area contributed by atoms with Crippen LogP contribution >= 0.6 is 0 Å². The van der Waals surface area contributed by atoms with Gasteiger partial charge < -0.3 is 30.7 Å². The van der Waals surface area contributed by atoms with Gasteiger partial charge in [-0.1, -0.05) is 42.5 Å². The van der Waals surface area contributed by atoms with Crippen LogP contribution < -0.4 is 15.4 Å². The molecule has 2 atom stereocenters. The van der Waals surface area contributed by atoms with Crippen LogP contribution in [0.5, 0.6) is 11.5 Å². The Morgan fingerprint density at radius 2 is 1.63 bits per heavy atom. The normalized spacial score (nSPS) is 12.7. The molecule has 0 aliphatic heterocycles. The van der Waals surface area contributed by atoms with E-state index in [-0.39, 0.29) is 24.3 Å². The number of amides is 1. The molecule has 0 saturated heterocycles. The highest BCUT2D eigenvalue weighted by Crippen LogP contribution is 2.22. The second-order valence-corrected chi connectivity index (χ2v) is 8.69. The summed E-state index contributed by atoms with van der Waals surface area (Å²) in [6, 6.07) is 20.4. The van der Waals surface area contributed by atoms with E-state index in [1.165, 1.54) is 6.07 Å². The summed E-state index contributed by atoms with van der Waals surface area (Å²) in [7, 11) is 1.62. The Kier molecular flexibility index (Phi) is 9.66. The molecule has 7 heteroatoms. The van der Waals surface area contributed by atoms with Crippen LogP contribution in [0.25, 0.3) is 0 Å². The highest BCUT2D eigenvalue weighted by atomic mass is 16.5. The Morgan fingerprint density at radius 1 is 0.971 bits per heavy atom. The van der Waals surface area contributed by atoms with Crippen molar-refractivity contribution < 1.29 is 24.9 Å². The molecule has 0 aromatic heterocycles. The summed E-state index contributed by atoms with van der Waals surface area (Å²) in [6.07, 6.45) is 0.342. The quantitative estimate of drug-likeness (QED) is 0.274. The van der Waals surface area contributed by atoms with Crippen molar-refractivity contribution in [1.82, 2.24) is 10.6 Å². The topological polar surface area (TPSA) is 111 Å². The Hall–Kier alpha value is -3.39. The molecule has 1 amide bonds. The fourth-order valence-corrected chi connectivity index (χ4v) is 3.78. The molecule has 3 aromatic rings. The molecule has 3 rings (SSSR count). The van der Waals surface area contributed by atoms with Crippen LogP contribution in [0, 0.1) is 0 Å². The van der Waals surface area contributed by atoms with E-state index >= 15 is 0 Å². The minimum absolute atomic E-state index is 0.0166. The highest BCUT2D eigenvalue weighted by molar-refractivity contribution is 5.78. The van der Waals surface area contributed by atoms with Gasteiger partial charge in [-0.3, -0.25) is 4.79 Å². The summed E-state index contributed by atoms with van der Waals surface area (Å²) in [4.78, 5) is 12.3. The number of hydrogen-bond acceptors (Lipinski definition) is 6. The number of ether oxygens (including phenoxy) is 1. The maximum absolute atomic E-state index is 12.3. The molecule has 186 valence electrons. The molecule has 35 heavy (non-hydrogen) atoms. The molecule has 0 fully saturated rings. The van der Waals surface area contributed by atoms with Gasteiger partial charge in [0, 0.05) is 24.7 Å². The standard InChI is InChI=1S/C28H34N2O5/c1-19(29-17-27(33)23-9-12-26(32)24(15-23)18-31)13-20-3-5-21(6-4-20)14-28(34)30-16-22-7-10-25(35-2)11-8-22/h3-12,15,19,27,29,31-33H,13-14,16-18H2,1-2H3,(H,30,34)/t19?,27-/m0/s1. The van der Waals surface area contributed by atoms with Crippen LogP contribution in [-0.4, -0.2) is 40.9 Å².